The summed E-state index contributed by atoms with van der Waals surface area (Å²) in [6.07, 6.45) is 6.66. The fraction of sp³-hybridized carbons (Fsp3) is 0.238. The lowest BCUT2D eigenvalue weighted by molar-refractivity contribution is 0.796. The van der Waals surface area contributed by atoms with E-state index in [1.807, 2.05) is 18.7 Å². The maximum Gasteiger partial charge on any atom is 0.0949 e. The van der Waals surface area contributed by atoms with Crippen LogP contribution in [0.2, 0.25) is 0 Å². The first kappa shape index (κ1) is 16.0. The van der Waals surface area contributed by atoms with Gasteiger partial charge in [0.1, 0.15) is 0 Å². The summed E-state index contributed by atoms with van der Waals surface area (Å²) < 4.78 is 2.10. The molecule has 0 radical (unpaired) electrons. The SMILES string of the molecule is CCN=C(C1=C(C)c2ccc(Cn3ccnc3)cc2C1)c1ccsc1. The summed E-state index contributed by atoms with van der Waals surface area (Å²) in [5.74, 6) is 0. The molecule has 0 spiro atoms. The van der Waals surface area contributed by atoms with Crippen molar-refractivity contribution in [3.63, 3.8) is 0 Å². The van der Waals surface area contributed by atoms with Crippen LogP contribution < -0.4 is 0 Å². The number of thiophene rings is 1. The summed E-state index contributed by atoms with van der Waals surface area (Å²) in [6, 6.07) is 9.00. The van der Waals surface area contributed by atoms with Gasteiger partial charge in [0.2, 0.25) is 0 Å². The van der Waals surface area contributed by atoms with E-state index in [2.05, 4.69) is 58.4 Å². The van der Waals surface area contributed by atoms with Gasteiger partial charge in [-0.15, -0.1) is 0 Å². The molecule has 25 heavy (non-hydrogen) atoms. The molecule has 0 unspecified atom stereocenters. The lowest BCUT2D eigenvalue weighted by Gasteiger charge is -2.07. The molecule has 0 saturated heterocycles. The van der Waals surface area contributed by atoms with Crippen molar-refractivity contribution in [3.05, 3.63) is 81.6 Å². The summed E-state index contributed by atoms with van der Waals surface area (Å²) in [7, 11) is 0. The van der Waals surface area contributed by atoms with Crippen molar-refractivity contribution in [1.29, 1.82) is 0 Å². The lowest BCUT2D eigenvalue weighted by Crippen LogP contribution is -2.06. The van der Waals surface area contributed by atoms with Crippen LogP contribution in [0.4, 0.5) is 0 Å². The molecule has 0 bridgehead atoms. The highest BCUT2D eigenvalue weighted by Crippen LogP contribution is 2.35. The molecule has 0 fully saturated rings. The van der Waals surface area contributed by atoms with Gasteiger partial charge in [0.15, 0.2) is 0 Å². The fourth-order valence-electron chi connectivity index (χ4n) is 3.51. The quantitative estimate of drug-likeness (QED) is 0.608. The highest BCUT2D eigenvalue weighted by Gasteiger charge is 2.23. The lowest BCUT2D eigenvalue weighted by atomic mass is 10.0. The van der Waals surface area contributed by atoms with E-state index >= 15 is 0 Å². The van der Waals surface area contributed by atoms with Crippen LogP contribution in [-0.2, 0) is 13.0 Å². The van der Waals surface area contributed by atoms with Gasteiger partial charge in [0.25, 0.3) is 0 Å². The van der Waals surface area contributed by atoms with E-state index in [9.17, 15) is 0 Å². The average molecular weight is 347 g/mol. The molecule has 0 aliphatic heterocycles. The third-order valence-corrected chi connectivity index (χ3v) is 5.40. The zero-order valence-electron chi connectivity index (χ0n) is 14.6. The Kier molecular flexibility index (Phi) is 4.36. The molecule has 3 aromatic rings. The van der Waals surface area contributed by atoms with Crippen LogP contribution in [0.15, 0.2) is 64.3 Å². The molecular formula is C21H21N3S. The van der Waals surface area contributed by atoms with E-state index in [1.54, 1.807) is 11.3 Å². The molecule has 4 rings (SSSR count). The zero-order chi connectivity index (χ0) is 17.2. The van der Waals surface area contributed by atoms with Crippen molar-refractivity contribution >= 4 is 22.6 Å². The minimum absolute atomic E-state index is 0.810. The number of rotatable bonds is 5. The van der Waals surface area contributed by atoms with Gasteiger partial charge in [-0.1, -0.05) is 18.2 Å². The van der Waals surface area contributed by atoms with Gasteiger partial charge in [0, 0.05) is 42.8 Å². The van der Waals surface area contributed by atoms with Gasteiger partial charge in [-0.25, -0.2) is 4.98 Å². The van der Waals surface area contributed by atoms with Crippen LogP contribution in [-0.4, -0.2) is 21.8 Å². The Balaban J connectivity index is 1.66. The van der Waals surface area contributed by atoms with Crippen molar-refractivity contribution in [3.8, 4) is 0 Å². The number of nitrogens with zero attached hydrogens (tertiary/aromatic N) is 3. The number of fused-ring (bicyclic) bond motifs is 1. The molecule has 1 aliphatic carbocycles. The normalized spacial score (nSPS) is 14.2. The minimum atomic E-state index is 0.810. The summed E-state index contributed by atoms with van der Waals surface area (Å²) in [6.45, 7) is 6.01. The molecule has 1 aliphatic rings. The second-order valence-corrected chi connectivity index (χ2v) is 7.12. The summed E-state index contributed by atoms with van der Waals surface area (Å²) in [4.78, 5) is 8.95. The zero-order valence-corrected chi connectivity index (χ0v) is 15.4. The first-order chi connectivity index (χ1) is 12.3. The van der Waals surface area contributed by atoms with Crippen LogP contribution in [0.25, 0.3) is 5.57 Å². The monoisotopic (exact) mass is 347 g/mol. The molecule has 0 saturated carbocycles. The topological polar surface area (TPSA) is 30.2 Å². The molecular weight excluding hydrogens is 326 g/mol. The predicted octanol–water partition coefficient (Wildman–Crippen LogP) is 4.83. The van der Waals surface area contributed by atoms with Crippen molar-refractivity contribution in [2.45, 2.75) is 26.8 Å². The summed E-state index contributed by atoms with van der Waals surface area (Å²) in [5.41, 5.74) is 9.22. The molecule has 1 aromatic carbocycles. The van der Waals surface area contributed by atoms with Crippen molar-refractivity contribution in [2.24, 2.45) is 4.99 Å². The molecule has 0 amide bonds. The summed E-state index contributed by atoms with van der Waals surface area (Å²) in [5, 5.41) is 4.32. The van der Waals surface area contributed by atoms with Crippen LogP contribution in [0.3, 0.4) is 0 Å². The Morgan fingerprint density at radius 1 is 1.32 bits per heavy atom. The molecule has 0 atom stereocenters. The first-order valence-electron chi connectivity index (χ1n) is 8.61. The molecule has 0 N–H and O–H groups in total. The number of aliphatic imine (C=N–C) groups is 1. The highest BCUT2D eigenvalue weighted by molar-refractivity contribution is 7.08. The smallest absolute Gasteiger partial charge is 0.0949 e. The van der Waals surface area contributed by atoms with Crippen LogP contribution >= 0.6 is 11.3 Å². The van der Waals surface area contributed by atoms with E-state index in [0.717, 1.165) is 25.2 Å². The Labute approximate surface area is 152 Å². The van der Waals surface area contributed by atoms with Crippen LogP contribution in [0.1, 0.15) is 36.1 Å². The number of benzene rings is 1. The van der Waals surface area contributed by atoms with Gasteiger partial charge in [-0.3, -0.25) is 4.99 Å². The van der Waals surface area contributed by atoms with Gasteiger partial charge in [-0.05, 0) is 53.1 Å². The minimum Gasteiger partial charge on any atom is -0.333 e. The first-order valence-corrected chi connectivity index (χ1v) is 9.55. The van der Waals surface area contributed by atoms with Crippen LogP contribution in [0.5, 0.6) is 0 Å². The molecule has 3 nitrogen and oxygen atoms in total. The van der Waals surface area contributed by atoms with E-state index in [4.69, 9.17) is 4.99 Å². The Hall–Kier alpha value is -2.46. The second-order valence-electron chi connectivity index (χ2n) is 6.34. The summed E-state index contributed by atoms with van der Waals surface area (Å²) >= 11 is 1.73. The predicted molar refractivity (Wildman–Crippen MR) is 105 cm³/mol. The van der Waals surface area contributed by atoms with E-state index in [0.29, 0.717) is 0 Å². The molecule has 2 heterocycles. The number of hydrogen-bond donors (Lipinski definition) is 0. The number of hydrogen-bond acceptors (Lipinski definition) is 3. The van der Waals surface area contributed by atoms with E-state index < -0.39 is 0 Å². The molecule has 2 aromatic heterocycles. The van der Waals surface area contributed by atoms with Crippen molar-refractivity contribution in [2.75, 3.05) is 6.54 Å². The van der Waals surface area contributed by atoms with E-state index in [1.165, 1.54) is 33.4 Å². The number of aromatic nitrogens is 2. The van der Waals surface area contributed by atoms with Gasteiger partial charge in [-0.2, -0.15) is 11.3 Å². The van der Waals surface area contributed by atoms with Gasteiger partial charge < -0.3 is 4.57 Å². The highest BCUT2D eigenvalue weighted by atomic mass is 32.1. The van der Waals surface area contributed by atoms with Crippen LogP contribution in [0, 0.1) is 0 Å². The second kappa shape index (κ2) is 6.81. The van der Waals surface area contributed by atoms with Crippen molar-refractivity contribution < 1.29 is 0 Å². The number of imidazole rings is 1. The molecule has 126 valence electrons. The third-order valence-electron chi connectivity index (χ3n) is 4.71. The standard InChI is InChI=1S/C21H21N3S/c1-3-23-21(17-6-9-25-13-17)20-11-18-10-16(4-5-19(18)15(20)2)12-24-8-7-22-14-24/h4-10,13-14H,3,11-12H2,1-2H3. The largest absolute Gasteiger partial charge is 0.333 e. The Morgan fingerprint density at radius 3 is 2.96 bits per heavy atom. The maximum absolute atomic E-state index is 4.82. The van der Waals surface area contributed by atoms with Crippen molar-refractivity contribution in [1.82, 2.24) is 9.55 Å². The Morgan fingerprint density at radius 2 is 2.24 bits per heavy atom. The number of allylic oxidation sites excluding steroid dienone is 2. The fourth-order valence-corrected chi connectivity index (χ4v) is 4.15. The van der Waals surface area contributed by atoms with Gasteiger partial charge in [0.05, 0.1) is 12.0 Å². The maximum atomic E-state index is 4.82. The molecule has 4 heteroatoms. The third kappa shape index (κ3) is 3.10. The van der Waals surface area contributed by atoms with E-state index in [-0.39, 0.29) is 0 Å². The van der Waals surface area contributed by atoms with Gasteiger partial charge >= 0.3 is 0 Å². The Bertz CT molecular complexity index is 932. The average Bonchev–Trinajstić information content (AvgIpc) is 3.35.